The molecule has 0 fully saturated rings. The van der Waals surface area contributed by atoms with Gasteiger partial charge in [-0.15, -0.1) is 0 Å². The average Bonchev–Trinajstić information content (AvgIpc) is 3.10. The van der Waals surface area contributed by atoms with Crippen molar-refractivity contribution in [3.63, 3.8) is 0 Å². The SMILES string of the molecule is CCOC(=O)c1oc2ccccc2c1CNC(=O)/C=C/c1cccc([N+](=O)[O-])c1. The number of esters is 1. The van der Waals surface area contributed by atoms with Gasteiger partial charge in [0.05, 0.1) is 11.5 Å². The Kier molecular flexibility index (Phi) is 6.03. The van der Waals surface area contributed by atoms with Gasteiger partial charge < -0.3 is 14.5 Å². The van der Waals surface area contributed by atoms with E-state index in [1.807, 2.05) is 0 Å². The molecule has 1 amide bonds. The van der Waals surface area contributed by atoms with E-state index in [1.54, 1.807) is 43.3 Å². The molecule has 1 N–H and O–H groups in total. The molecule has 29 heavy (non-hydrogen) atoms. The number of rotatable bonds is 7. The highest BCUT2D eigenvalue weighted by Crippen LogP contribution is 2.26. The number of hydrogen-bond acceptors (Lipinski definition) is 6. The number of fused-ring (bicyclic) bond motifs is 1. The number of nitrogens with one attached hydrogen (secondary N) is 1. The average molecular weight is 394 g/mol. The monoisotopic (exact) mass is 394 g/mol. The molecule has 0 aliphatic rings. The van der Waals surface area contributed by atoms with Crippen LogP contribution in [-0.2, 0) is 16.1 Å². The first-order chi connectivity index (χ1) is 14.0. The Morgan fingerprint density at radius 3 is 2.76 bits per heavy atom. The summed E-state index contributed by atoms with van der Waals surface area (Å²) in [6, 6.07) is 13.0. The fourth-order valence-corrected chi connectivity index (χ4v) is 2.78. The van der Waals surface area contributed by atoms with E-state index in [2.05, 4.69) is 5.32 Å². The van der Waals surface area contributed by atoms with Gasteiger partial charge in [-0.25, -0.2) is 4.79 Å². The van der Waals surface area contributed by atoms with Gasteiger partial charge in [-0.3, -0.25) is 14.9 Å². The molecule has 148 valence electrons. The van der Waals surface area contributed by atoms with E-state index in [-0.39, 0.29) is 24.6 Å². The number of non-ortho nitro benzene ring substituents is 1. The van der Waals surface area contributed by atoms with E-state index in [1.165, 1.54) is 24.3 Å². The van der Waals surface area contributed by atoms with Gasteiger partial charge in [0.25, 0.3) is 5.69 Å². The number of nitrogens with zero attached hydrogens (tertiary/aromatic N) is 1. The van der Waals surface area contributed by atoms with Gasteiger partial charge in [0.2, 0.25) is 11.7 Å². The van der Waals surface area contributed by atoms with Crippen LogP contribution >= 0.6 is 0 Å². The maximum atomic E-state index is 12.2. The van der Waals surface area contributed by atoms with Crippen molar-refractivity contribution in [2.75, 3.05) is 6.61 Å². The van der Waals surface area contributed by atoms with Crippen molar-refractivity contribution < 1.29 is 23.7 Å². The van der Waals surface area contributed by atoms with Gasteiger partial charge in [-0.2, -0.15) is 0 Å². The van der Waals surface area contributed by atoms with Gasteiger partial charge in [-0.1, -0.05) is 30.3 Å². The molecule has 8 heteroatoms. The van der Waals surface area contributed by atoms with Crippen LogP contribution in [0.15, 0.2) is 59.0 Å². The lowest BCUT2D eigenvalue weighted by atomic mass is 10.1. The number of amides is 1. The second kappa shape index (κ2) is 8.83. The van der Waals surface area contributed by atoms with Crippen LogP contribution in [0, 0.1) is 10.1 Å². The van der Waals surface area contributed by atoms with Crippen molar-refractivity contribution >= 4 is 34.6 Å². The second-order valence-electron chi connectivity index (χ2n) is 6.03. The molecule has 1 aromatic heterocycles. The third kappa shape index (κ3) is 4.67. The molecule has 0 saturated carbocycles. The lowest BCUT2D eigenvalue weighted by molar-refractivity contribution is -0.384. The number of carbonyl (C=O) groups is 2. The smallest absolute Gasteiger partial charge is 0.374 e. The Morgan fingerprint density at radius 2 is 2.00 bits per heavy atom. The number of nitro groups is 1. The van der Waals surface area contributed by atoms with E-state index in [9.17, 15) is 19.7 Å². The number of hydrogen-bond donors (Lipinski definition) is 1. The van der Waals surface area contributed by atoms with Gasteiger partial charge in [0, 0.05) is 35.7 Å². The summed E-state index contributed by atoms with van der Waals surface area (Å²) in [5, 5.41) is 14.2. The van der Waals surface area contributed by atoms with Gasteiger partial charge in [-0.05, 0) is 24.6 Å². The summed E-state index contributed by atoms with van der Waals surface area (Å²) in [4.78, 5) is 34.7. The lowest BCUT2D eigenvalue weighted by Gasteiger charge is -2.04. The van der Waals surface area contributed by atoms with Gasteiger partial charge >= 0.3 is 5.97 Å². The predicted octanol–water partition coefficient (Wildman–Crippen LogP) is 3.85. The van der Waals surface area contributed by atoms with Crippen LogP contribution in [0.25, 0.3) is 17.0 Å². The molecular formula is C21H18N2O6. The predicted molar refractivity (Wildman–Crippen MR) is 106 cm³/mol. The highest BCUT2D eigenvalue weighted by Gasteiger charge is 2.21. The van der Waals surface area contributed by atoms with Crippen LogP contribution in [0.2, 0.25) is 0 Å². The summed E-state index contributed by atoms with van der Waals surface area (Å²) in [5.74, 6) is -0.965. The van der Waals surface area contributed by atoms with Crippen molar-refractivity contribution in [1.29, 1.82) is 0 Å². The Morgan fingerprint density at radius 1 is 1.21 bits per heavy atom. The van der Waals surface area contributed by atoms with Crippen LogP contribution in [-0.4, -0.2) is 23.4 Å². The van der Waals surface area contributed by atoms with Crippen LogP contribution < -0.4 is 5.32 Å². The van der Waals surface area contributed by atoms with Crippen LogP contribution in [0.5, 0.6) is 0 Å². The largest absolute Gasteiger partial charge is 0.460 e. The molecule has 0 unspecified atom stereocenters. The van der Waals surface area contributed by atoms with Gasteiger partial charge in [0.1, 0.15) is 5.58 Å². The van der Waals surface area contributed by atoms with Crippen molar-refractivity contribution in [3.8, 4) is 0 Å². The molecule has 0 aliphatic carbocycles. The molecule has 1 heterocycles. The highest BCUT2D eigenvalue weighted by molar-refractivity contribution is 5.97. The molecule has 3 rings (SSSR count). The molecule has 0 atom stereocenters. The standard InChI is InChI=1S/C21H18N2O6/c1-2-28-21(25)20-17(16-8-3-4-9-18(16)29-20)13-22-19(24)11-10-14-6-5-7-15(12-14)23(26)27/h3-12H,2,13H2,1H3,(H,22,24)/b11-10+. The minimum absolute atomic E-state index is 0.0519. The van der Waals surface area contributed by atoms with Gasteiger partial charge in [0.15, 0.2) is 0 Å². The van der Waals surface area contributed by atoms with Crippen LogP contribution in [0.3, 0.4) is 0 Å². The molecule has 2 aromatic carbocycles. The highest BCUT2D eigenvalue weighted by atomic mass is 16.6. The Balaban J connectivity index is 1.75. The summed E-state index contributed by atoms with van der Waals surface area (Å²) >= 11 is 0. The maximum Gasteiger partial charge on any atom is 0.374 e. The topological polar surface area (TPSA) is 112 Å². The van der Waals surface area contributed by atoms with Crippen molar-refractivity contribution in [2.45, 2.75) is 13.5 Å². The number of furan rings is 1. The summed E-state index contributed by atoms with van der Waals surface area (Å²) < 4.78 is 10.6. The summed E-state index contributed by atoms with van der Waals surface area (Å²) in [6.07, 6.45) is 2.74. The molecule has 0 spiro atoms. The lowest BCUT2D eigenvalue weighted by Crippen LogP contribution is -2.21. The number of ether oxygens (including phenoxy) is 1. The molecule has 0 radical (unpaired) electrons. The van der Waals surface area contributed by atoms with E-state index >= 15 is 0 Å². The maximum absolute atomic E-state index is 12.2. The van der Waals surface area contributed by atoms with Crippen molar-refractivity contribution in [2.24, 2.45) is 0 Å². The van der Waals surface area contributed by atoms with Crippen LogP contribution in [0.1, 0.15) is 28.6 Å². The summed E-state index contributed by atoms with van der Waals surface area (Å²) in [6.45, 7) is 1.96. The third-order valence-corrected chi connectivity index (χ3v) is 4.11. The minimum Gasteiger partial charge on any atom is -0.460 e. The zero-order valence-corrected chi connectivity index (χ0v) is 15.6. The number of nitro benzene ring substituents is 1. The van der Waals surface area contributed by atoms with Crippen molar-refractivity contribution in [1.82, 2.24) is 5.32 Å². The Hall–Kier alpha value is -3.94. The van der Waals surface area contributed by atoms with Crippen LogP contribution in [0.4, 0.5) is 5.69 Å². The zero-order valence-electron chi connectivity index (χ0n) is 15.6. The fraction of sp³-hybridized carbons (Fsp3) is 0.143. The zero-order chi connectivity index (χ0) is 20.8. The van der Waals surface area contributed by atoms with Crippen molar-refractivity contribution in [3.05, 3.63) is 81.6 Å². The third-order valence-electron chi connectivity index (χ3n) is 4.11. The molecule has 0 saturated heterocycles. The Labute approximate surface area is 165 Å². The number of carbonyl (C=O) groups excluding carboxylic acids is 2. The number of benzene rings is 2. The van der Waals surface area contributed by atoms with E-state index in [0.717, 1.165) is 0 Å². The van der Waals surface area contributed by atoms with E-state index in [0.29, 0.717) is 22.1 Å². The Bertz CT molecular complexity index is 1100. The first kappa shape index (κ1) is 19.8. The summed E-state index contributed by atoms with van der Waals surface area (Å²) in [5.41, 5.74) is 1.51. The molecule has 3 aromatic rings. The first-order valence-electron chi connectivity index (χ1n) is 8.87. The summed E-state index contributed by atoms with van der Waals surface area (Å²) in [7, 11) is 0. The first-order valence-corrected chi connectivity index (χ1v) is 8.87. The molecule has 0 bridgehead atoms. The second-order valence-corrected chi connectivity index (χ2v) is 6.03. The molecular weight excluding hydrogens is 376 g/mol. The fourth-order valence-electron chi connectivity index (χ4n) is 2.78. The van der Waals surface area contributed by atoms with E-state index in [4.69, 9.17) is 9.15 Å². The normalized spacial score (nSPS) is 10.9. The molecule has 0 aliphatic heterocycles. The quantitative estimate of drug-likeness (QED) is 0.282. The minimum atomic E-state index is -0.597. The molecule has 8 nitrogen and oxygen atoms in total. The van der Waals surface area contributed by atoms with E-state index < -0.39 is 16.8 Å². The number of para-hydroxylation sites is 1.